The van der Waals surface area contributed by atoms with Gasteiger partial charge < -0.3 is 5.11 Å². The van der Waals surface area contributed by atoms with E-state index in [2.05, 4.69) is 0 Å². The first-order chi connectivity index (χ1) is 3.70. The molecule has 0 saturated heterocycles. The van der Waals surface area contributed by atoms with Gasteiger partial charge in [0.05, 0.1) is 13.2 Å². The fraction of sp³-hybridized carbons (Fsp3) is 0.400. The van der Waals surface area contributed by atoms with Crippen LogP contribution < -0.4 is 9.79 Å². The molecule has 0 radical (unpaired) electrons. The van der Waals surface area contributed by atoms with Crippen molar-refractivity contribution in [1.82, 2.24) is 4.68 Å². The highest BCUT2D eigenvalue weighted by atomic mass is 16.3. The Morgan fingerprint density at radius 1 is 1.75 bits per heavy atom. The van der Waals surface area contributed by atoms with Gasteiger partial charge in [0, 0.05) is 0 Å². The Labute approximate surface area is 47.8 Å². The fourth-order valence-electron chi connectivity index (χ4n) is 0.584. The molecular weight excluding hydrogens is 104 g/mol. The molecule has 0 N–H and O–H groups in total. The van der Waals surface area contributed by atoms with E-state index in [0.29, 0.717) is 0 Å². The average molecular weight is 112 g/mol. The molecule has 0 bridgehead atoms. The second-order valence-corrected chi connectivity index (χ2v) is 1.81. The van der Waals surface area contributed by atoms with Gasteiger partial charge in [0.15, 0.2) is 13.2 Å². The highest BCUT2D eigenvalue weighted by molar-refractivity contribution is 5.02. The lowest BCUT2D eigenvalue weighted by molar-refractivity contribution is -0.751. The van der Waals surface area contributed by atoms with Crippen molar-refractivity contribution in [2.45, 2.75) is 0 Å². The zero-order chi connectivity index (χ0) is 6.15. The smallest absolute Gasteiger partial charge is 0.187 e. The van der Waals surface area contributed by atoms with Gasteiger partial charge in [-0.05, 0) is 5.75 Å². The van der Waals surface area contributed by atoms with E-state index in [9.17, 15) is 5.11 Å². The zero-order valence-corrected chi connectivity index (χ0v) is 4.96. The van der Waals surface area contributed by atoms with Crippen molar-refractivity contribution in [2.24, 2.45) is 14.1 Å². The first-order valence-electron chi connectivity index (χ1n) is 2.39. The summed E-state index contributed by atoms with van der Waals surface area (Å²) in [6.07, 6.45) is 3.06. The number of rotatable bonds is 0. The van der Waals surface area contributed by atoms with Crippen molar-refractivity contribution in [1.29, 1.82) is 0 Å². The van der Waals surface area contributed by atoms with E-state index in [-0.39, 0.29) is 5.75 Å². The van der Waals surface area contributed by atoms with Gasteiger partial charge in [-0.3, -0.25) is 0 Å². The summed E-state index contributed by atoms with van der Waals surface area (Å²) in [5.41, 5.74) is 0. The van der Waals surface area contributed by atoms with E-state index in [1.165, 1.54) is 12.4 Å². The van der Waals surface area contributed by atoms with Crippen LogP contribution in [0, 0.1) is 0 Å². The van der Waals surface area contributed by atoms with E-state index in [0.717, 1.165) is 0 Å². The minimum atomic E-state index is 0.0509. The summed E-state index contributed by atoms with van der Waals surface area (Å²) >= 11 is 0. The molecular formula is C5H8N2O. The minimum absolute atomic E-state index is 0.0509. The lowest BCUT2D eigenvalue weighted by Gasteiger charge is -1.85. The summed E-state index contributed by atoms with van der Waals surface area (Å²) in [4.78, 5) is 0. The quantitative estimate of drug-likeness (QED) is 0.393. The molecule has 0 spiro atoms. The molecule has 0 atom stereocenters. The molecule has 0 unspecified atom stereocenters. The fourth-order valence-corrected chi connectivity index (χ4v) is 0.584. The molecule has 3 heteroatoms. The monoisotopic (exact) mass is 112 g/mol. The largest absolute Gasteiger partial charge is 0.867 e. The van der Waals surface area contributed by atoms with Crippen LogP contribution in [-0.2, 0) is 14.1 Å². The maximum absolute atomic E-state index is 10.5. The van der Waals surface area contributed by atoms with E-state index in [4.69, 9.17) is 0 Å². The summed E-state index contributed by atoms with van der Waals surface area (Å²) < 4.78 is 3.45. The number of hydrogen-bond acceptors (Lipinski definition) is 1. The predicted octanol–water partition coefficient (Wildman–Crippen LogP) is -1.08. The van der Waals surface area contributed by atoms with Crippen LogP contribution in [0.4, 0.5) is 0 Å². The molecule has 44 valence electrons. The van der Waals surface area contributed by atoms with Gasteiger partial charge in [-0.2, -0.15) is 4.68 Å². The van der Waals surface area contributed by atoms with Crippen LogP contribution in [-0.4, -0.2) is 4.68 Å². The third kappa shape index (κ3) is 0.665. The van der Waals surface area contributed by atoms with Gasteiger partial charge >= 0.3 is 0 Å². The third-order valence-corrected chi connectivity index (χ3v) is 1.13. The topological polar surface area (TPSA) is 31.9 Å². The van der Waals surface area contributed by atoms with Crippen molar-refractivity contribution in [3.8, 4) is 5.75 Å². The van der Waals surface area contributed by atoms with Gasteiger partial charge in [-0.15, -0.1) is 4.68 Å². The molecule has 8 heavy (non-hydrogen) atoms. The van der Waals surface area contributed by atoms with E-state index >= 15 is 0 Å². The van der Waals surface area contributed by atoms with Gasteiger partial charge in [-0.1, -0.05) is 0 Å². The average Bonchev–Trinajstić information content (AvgIpc) is 1.85. The molecule has 0 fully saturated rings. The van der Waals surface area contributed by atoms with E-state index < -0.39 is 0 Å². The summed E-state index contributed by atoms with van der Waals surface area (Å²) in [5, 5.41) is 10.5. The Hall–Kier alpha value is -0.990. The molecule has 0 aliphatic heterocycles. The Morgan fingerprint density at radius 2 is 2.38 bits per heavy atom. The van der Waals surface area contributed by atoms with Crippen molar-refractivity contribution >= 4 is 0 Å². The Bertz CT molecular complexity index is 173. The molecule has 3 nitrogen and oxygen atoms in total. The standard InChI is InChI=1S/C5H8N2O/c1-6-3-5(8)4-7(6)2/h3-4H,1-2H3. The Balaban J connectivity index is 3.14. The first-order valence-corrected chi connectivity index (χ1v) is 2.39. The predicted molar refractivity (Wildman–Crippen MR) is 26.0 cm³/mol. The van der Waals surface area contributed by atoms with Crippen molar-refractivity contribution in [3.05, 3.63) is 12.4 Å². The lowest BCUT2D eigenvalue weighted by atomic mass is 10.7. The maximum Gasteiger partial charge on any atom is 0.187 e. The van der Waals surface area contributed by atoms with Crippen LogP contribution in [0.15, 0.2) is 12.4 Å². The molecule has 0 saturated carbocycles. The lowest BCUT2D eigenvalue weighted by Crippen LogP contribution is -2.35. The number of hydrogen-bond donors (Lipinski definition) is 0. The normalized spacial score (nSPS) is 9.75. The van der Waals surface area contributed by atoms with Crippen LogP contribution in [0.3, 0.4) is 0 Å². The molecule has 0 aliphatic rings. The van der Waals surface area contributed by atoms with Gasteiger partial charge in [-0.25, -0.2) is 0 Å². The van der Waals surface area contributed by atoms with Crippen LogP contribution in [0.25, 0.3) is 0 Å². The first kappa shape index (κ1) is 5.15. The number of nitrogens with zero attached hydrogens (tertiary/aromatic N) is 2. The molecule has 1 aromatic heterocycles. The Morgan fingerprint density at radius 3 is 2.50 bits per heavy atom. The highest BCUT2D eigenvalue weighted by Crippen LogP contribution is 1.93. The van der Waals surface area contributed by atoms with Crippen molar-refractivity contribution < 1.29 is 9.79 Å². The van der Waals surface area contributed by atoms with Gasteiger partial charge in [0.2, 0.25) is 0 Å². The van der Waals surface area contributed by atoms with Gasteiger partial charge in [0.25, 0.3) is 0 Å². The molecule has 1 aromatic rings. The SMILES string of the molecule is Cn1cc([O-])c[n+]1C. The molecule has 1 rings (SSSR count). The summed E-state index contributed by atoms with van der Waals surface area (Å²) in [6, 6.07) is 0. The molecule has 0 amide bonds. The molecule has 1 heterocycles. The van der Waals surface area contributed by atoms with Crippen LogP contribution in [0.5, 0.6) is 5.75 Å². The minimum Gasteiger partial charge on any atom is -0.867 e. The third-order valence-electron chi connectivity index (χ3n) is 1.13. The van der Waals surface area contributed by atoms with Crippen LogP contribution >= 0.6 is 0 Å². The van der Waals surface area contributed by atoms with Crippen molar-refractivity contribution in [3.63, 3.8) is 0 Å². The van der Waals surface area contributed by atoms with Crippen LogP contribution in [0.1, 0.15) is 0 Å². The van der Waals surface area contributed by atoms with Gasteiger partial charge in [0.1, 0.15) is 0 Å². The van der Waals surface area contributed by atoms with E-state index in [1.54, 1.807) is 9.36 Å². The number of aromatic nitrogens is 2. The summed E-state index contributed by atoms with van der Waals surface area (Å²) in [7, 11) is 3.64. The second kappa shape index (κ2) is 1.51. The molecule has 0 aromatic carbocycles. The summed E-state index contributed by atoms with van der Waals surface area (Å²) in [6.45, 7) is 0. The van der Waals surface area contributed by atoms with Crippen LogP contribution in [0.2, 0.25) is 0 Å². The number of aryl methyl sites for hydroxylation is 2. The highest BCUT2D eigenvalue weighted by Gasteiger charge is 1.93. The maximum atomic E-state index is 10.5. The Kier molecular flexibility index (Phi) is 0.970. The second-order valence-electron chi connectivity index (χ2n) is 1.81. The van der Waals surface area contributed by atoms with Crippen molar-refractivity contribution in [2.75, 3.05) is 0 Å². The molecule has 0 aliphatic carbocycles. The zero-order valence-electron chi connectivity index (χ0n) is 4.96. The summed E-state index contributed by atoms with van der Waals surface area (Å²) in [5.74, 6) is 0.0509. The van der Waals surface area contributed by atoms with E-state index in [1.807, 2.05) is 14.1 Å².